The molecule has 12 heavy (non-hydrogen) atoms. The molecule has 0 radical (unpaired) electrons. The predicted molar refractivity (Wildman–Crippen MR) is 38.7 cm³/mol. The van der Waals surface area contributed by atoms with Gasteiger partial charge in [-0.2, -0.15) is 0 Å². The minimum atomic E-state index is -1.02. The Morgan fingerprint density at radius 2 is 2.25 bits per heavy atom. The van der Waals surface area contributed by atoms with Gasteiger partial charge in [-0.3, -0.25) is 10.1 Å². The van der Waals surface area contributed by atoms with Gasteiger partial charge >= 0.3 is 11.7 Å². The Kier molecular flexibility index (Phi) is 4.43. The van der Waals surface area contributed by atoms with E-state index < -0.39 is 16.6 Å². The van der Waals surface area contributed by atoms with Gasteiger partial charge in [-0.25, -0.2) is 4.79 Å². The zero-order valence-corrected chi connectivity index (χ0v) is 6.77. The molecule has 0 aromatic rings. The third-order valence-corrected chi connectivity index (χ3v) is 0.953. The largest absolute Gasteiger partial charge is 0.494 e. The maximum absolute atomic E-state index is 10.6. The molecule has 0 aromatic heterocycles. The van der Waals surface area contributed by atoms with Gasteiger partial charge in [0.25, 0.3) is 0 Å². The van der Waals surface area contributed by atoms with Gasteiger partial charge in [0.15, 0.2) is 6.26 Å². The molecule has 0 unspecified atom stereocenters. The quantitative estimate of drug-likeness (QED) is 0.202. The second-order valence-electron chi connectivity index (χ2n) is 1.71. The van der Waals surface area contributed by atoms with Crippen LogP contribution in [-0.2, 0) is 14.3 Å². The summed E-state index contributed by atoms with van der Waals surface area (Å²) in [5.41, 5.74) is -0.709. The minimum Gasteiger partial charge on any atom is -0.494 e. The Hall–Kier alpha value is -1.59. The maximum atomic E-state index is 10.6. The molecule has 0 fully saturated rings. The SMILES string of the molecule is CCO/C=C(\C(=O)OC)[N+](=O)[O-]. The molecular formula is C6H9NO5. The Bertz CT molecular complexity index is 210. The molecule has 68 valence electrons. The number of esters is 1. The van der Waals surface area contributed by atoms with Gasteiger partial charge in [0, 0.05) is 0 Å². The average Bonchev–Trinajstić information content (AvgIpc) is 2.04. The van der Waals surface area contributed by atoms with Gasteiger partial charge in [0.2, 0.25) is 0 Å². The molecule has 0 saturated heterocycles. The molecule has 0 rings (SSSR count). The zero-order valence-electron chi connectivity index (χ0n) is 6.77. The fourth-order valence-electron chi connectivity index (χ4n) is 0.433. The van der Waals surface area contributed by atoms with Crippen LogP contribution in [0.2, 0.25) is 0 Å². The Morgan fingerprint density at radius 3 is 2.58 bits per heavy atom. The van der Waals surface area contributed by atoms with E-state index in [0.717, 1.165) is 13.4 Å². The van der Waals surface area contributed by atoms with Crippen LogP contribution in [0, 0.1) is 10.1 Å². The second kappa shape index (κ2) is 5.11. The summed E-state index contributed by atoms with van der Waals surface area (Å²) < 4.78 is 8.72. The Labute approximate surface area is 68.9 Å². The third kappa shape index (κ3) is 3.00. The monoisotopic (exact) mass is 175 g/mol. The zero-order chi connectivity index (χ0) is 9.56. The van der Waals surface area contributed by atoms with Crippen molar-refractivity contribution in [2.75, 3.05) is 13.7 Å². The lowest BCUT2D eigenvalue weighted by atomic mass is 10.5. The van der Waals surface area contributed by atoms with Crippen molar-refractivity contribution >= 4 is 5.97 Å². The van der Waals surface area contributed by atoms with E-state index in [9.17, 15) is 14.9 Å². The normalized spacial score (nSPS) is 10.7. The number of methoxy groups -OCH3 is 1. The topological polar surface area (TPSA) is 78.7 Å². The lowest BCUT2D eigenvalue weighted by Gasteiger charge is -1.96. The number of hydrogen-bond acceptors (Lipinski definition) is 5. The molecule has 0 saturated carbocycles. The maximum Gasteiger partial charge on any atom is 0.413 e. The van der Waals surface area contributed by atoms with Gasteiger partial charge in [0.05, 0.1) is 18.6 Å². The van der Waals surface area contributed by atoms with E-state index in [1.807, 2.05) is 0 Å². The van der Waals surface area contributed by atoms with Crippen LogP contribution in [0.15, 0.2) is 12.0 Å². The molecule has 0 heterocycles. The van der Waals surface area contributed by atoms with Crippen molar-refractivity contribution in [2.45, 2.75) is 6.92 Å². The molecule has 0 aliphatic carbocycles. The van der Waals surface area contributed by atoms with E-state index in [4.69, 9.17) is 0 Å². The molecule has 0 atom stereocenters. The highest BCUT2D eigenvalue weighted by atomic mass is 16.6. The first-order valence-electron chi connectivity index (χ1n) is 3.18. The average molecular weight is 175 g/mol. The van der Waals surface area contributed by atoms with E-state index in [2.05, 4.69) is 9.47 Å². The smallest absolute Gasteiger partial charge is 0.413 e. The van der Waals surface area contributed by atoms with Crippen LogP contribution in [0.1, 0.15) is 6.92 Å². The number of hydrogen-bond donors (Lipinski definition) is 0. The second-order valence-corrected chi connectivity index (χ2v) is 1.71. The molecule has 0 aliphatic heterocycles. The Morgan fingerprint density at radius 1 is 1.67 bits per heavy atom. The molecule has 6 nitrogen and oxygen atoms in total. The van der Waals surface area contributed by atoms with Crippen molar-refractivity contribution in [3.8, 4) is 0 Å². The minimum absolute atomic E-state index is 0.258. The van der Waals surface area contributed by atoms with E-state index in [0.29, 0.717) is 0 Å². The standard InChI is InChI=1S/C6H9NO5/c1-3-12-4-5(7(9)10)6(8)11-2/h4H,3H2,1-2H3/b5-4+. The summed E-state index contributed by atoms with van der Waals surface area (Å²) >= 11 is 0. The molecule has 0 spiro atoms. The third-order valence-electron chi connectivity index (χ3n) is 0.953. The van der Waals surface area contributed by atoms with Crippen molar-refractivity contribution in [1.82, 2.24) is 0 Å². The number of carbonyl (C=O) groups is 1. The van der Waals surface area contributed by atoms with Crippen molar-refractivity contribution in [3.05, 3.63) is 22.1 Å². The summed E-state index contributed by atoms with van der Waals surface area (Å²) in [6, 6.07) is 0. The summed E-state index contributed by atoms with van der Waals surface area (Å²) in [7, 11) is 1.06. The molecule has 0 N–H and O–H groups in total. The van der Waals surface area contributed by atoms with Crippen LogP contribution < -0.4 is 0 Å². The van der Waals surface area contributed by atoms with Crippen LogP contribution in [0.5, 0.6) is 0 Å². The summed E-state index contributed by atoms with van der Waals surface area (Å²) in [5, 5.41) is 10.2. The number of rotatable bonds is 4. The van der Waals surface area contributed by atoms with Crippen LogP contribution in [0.4, 0.5) is 0 Å². The molecule has 0 aliphatic rings. The highest BCUT2D eigenvalue weighted by Crippen LogP contribution is 1.98. The highest BCUT2D eigenvalue weighted by Gasteiger charge is 2.22. The van der Waals surface area contributed by atoms with E-state index >= 15 is 0 Å². The lowest BCUT2D eigenvalue weighted by Crippen LogP contribution is -2.13. The fraction of sp³-hybridized carbons (Fsp3) is 0.500. The van der Waals surface area contributed by atoms with Crippen molar-refractivity contribution < 1.29 is 19.2 Å². The van der Waals surface area contributed by atoms with Gasteiger partial charge in [-0.05, 0) is 6.92 Å². The van der Waals surface area contributed by atoms with Crippen LogP contribution in [-0.4, -0.2) is 24.6 Å². The number of nitrogens with zero attached hydrogens (tertiary/aromatic N) is 1. The lowest BCUT2D eigenvalue weighted by molar-refractivity contribution is -0.422. The van der Waals surface area contributed by atoms with Gasteiger partial charge < -0.3 is 9.47 Å². The number of nitro groups is 1. The summed E-state index contributed by atoms with van der Waals surface area (Å²) in [6.45, 7) is 1.90. The molecule has 0 bridgehead atoms. The summed E-state index contributed by atoms with van der Waals surface area (Å²) in [5.74, 6) is -1.02. The van der Waals surface area contributed by atoms with Gasteiger partial charge in [-0.15, -0.1) is 0 Å². The fourth-order valence-corrected chi connectivity index (χ4v) is 0.433. The number of ether oxygens (including phenoxy) is 2. The van der Waals surface area contributed by atoms with Crippen molar-refractivity contribution in [1.29, 1.82) is 0 Å². The first kappa shape index (κ1) is 10.4. The molecule has 0 aromatic carbocycles. The predicted octanol–water partition coefficient (Wildman–Crippen LogP) is 0.314. The van der Waals surface area contributed by atoms with Crippen molar-refractivity contribution in [2.24, 2.45) is 0 Å². The van der Waals surface area contributed by atoms with Crippen molar-refractivity contribution in [3.63, 3.8) is 0 Å². The van der Waals surface area contributed by atoms with Crippen LogP contribution >= 0.6 is 0 Å². The number of carbonyl (C=O) groups excluding carboxylic acids is 1. The van der Waals surface area contributed by atoms with Gasteiger partial charge in [-0.1, -0.05) is 0 Å². The highest BCUT2D eigenvalue weighted by molar-refractivity contribution is 5.85. The molecular weight excluding hydrogens is 166 g/mol. The van der Waals surface area contributed by atoms with E-state index in [1.54, 1.807) is 6.92 Å². The molecule has 0 amide bonds. The van der Waals surface area contributed by atoms with Crippen LogP contribution in [0.25, 0.3) is 0 Å². The summed E-state index contributed by atoms with van der Waals surface area (Å²) in [6.07, 6.45) is 0.770. The summed E-state index contributed by atoms with van der Waals surface area (Å²) in [4.78, 5) is 19.9. The van der Waals surface area contributed by atoms with E-state index in [1.165, 1.54) is 0 Å². The Balaban J connectivity index is 4.43. The van der Waals surface area contributed by atoms with Gasteiger partial charge in [0.1, 0.15) is 0 Å². The molecule has 6 heteroatoms. The first-order valence-corrected chi connectivity index (χ1v) is 3.18. The van der Waals surface area contributed by atoms with E-state index in [-0.39, 0.29) is 6.61 Å². The van der Waals surface area contributed by atoms with Crippen LogP contribution in [0.3, 0.4) is 0 Å². The first-order chi connectivity index (χ1) is 5.63.